The fraction of sp³-hybridized carbons (Fsp3) is 0.100. The van der Waals surface area contributed by atoms with Gasteiger partial charge in [-0.1, -0.05) is 185 Å². The van der Waals surface area contributed by atoms with E-state index in [9.17, 15) is 0 Å². The molecule has 0 bridgehead atoms. The summed E-state index contributed by atoms with van der Waals surface area (Å²) in [7, 11) is 0. The number of hydrogen-bond acceptors (Lipinski definition) is 4. The first-order chi connectivity index (χ1) is 43.2. The number of nitrogens with zero attached hydrogens (tertiary/aromatic N) is 5. The monoisotopic (exact) mass is 1120 g/mol. The van der Waals surface area contributed by atoms with E-state index < -0.39 is 0 Å². The highest BCUT2D eigenvalue weighted by Gasteiger charge is 2.51. The maximum atomic E-state index is 7.57. The van der Waals surface area contributed by atoms with Crippen LogP contribution in [0.1, 0.15) is 51.7 Å². The van der Waals surface area contributed by atoms with E-state index in [-0.39, 0.29) is 24.3 Å². The molecule has 8 heterocycles. The molecule has 16 aromatic rings. The minimum absolute atomic E-state index is 0.000325. The summed E-state index contributed by atoms with van der Waals surface area (Å²) in [4.78, 5) is 8.01. The van der Waals surface area contributed by atoms with Crippen molar-refractivity contribution in [2.45, 2.75) is 51.4 Å². The van der Waals surface area contributed by atoms with Crippen LogP contribution in [0.15, 0.2) is 237 Å². The van der Waals surface area contributed by atoms with Gasteiger partial charge in [-0.05, 0) is 146 Å². The topological polar surface area (TPSA) is 27.8 Å². The second-order valence-corrected chi connectivity index (χ2v) is 26.8. The number of hydrogen-bond donors (Lipinski definition) is 0. The van der Waals surface area contributed by atoms with Gasteiger partial charge in [0.2, 0.25) is 0 Å². The molecule has 5 aliphatic rings. The largest absolute Gasteiger partial charge is 0.458 e. The van der Waals surface area contributed by atoms with Crippen LogP contribution in [0.4, 0.5) is 51.2 Å². The second-order valence-electron chi connectivity index (χ2n) is 26.8. The first kappa shape index (κ1) is 47.8. The minimum Gasteiger partial charge on any atom is -0.458 e. The average molecular weight is 1120 g/mol. The van der Waals surface area contributed by atoms with Crippen molar-refractivity contribution in [1.82, 2.24) is 8.80 Å². The van der Waals surface area contributed by atoms with Crippen molar-refractivity contribution in [3.05, 3.63) is 248 Å². The number of para-hydroxylation sites is 8. The summed E-state index contributed by atoms with van der Waals surface area (Å²) in [5.41, 5.74) is 28.5. The van der Waals surface area contributed by atoms with Crippen LogP contribution in [-0.2, 0) is 10.8 Å². The summed E-state index contributed by atoms with van der Waals surface area (Å²) in [5.74, 6) is 1.85. The Kier molecular flexibility index (Phi) is 8.87. The highest BCUT2D eigenvalue weighted by atomic mass is 16.5. The lowest BCUT2D eigenvalue weighted by Gasteiger charge is -2.47. The number of anilines is 9. The summed E-state index contributed by atoms with van der Waals surface area (Å²) in [5, 5.41) is 9.92. The van der Waals surface area contributed by atoms with Crippen molar-refractivity contribution in [2.75, 3.05) is 14.7 Å². The van der Waals surface area contributed by atoms with Crippen molar-refractivity contribution in [1.29, 1.82) is 0 Å². The smallest absolute Gasteiger partial charge is 0.256 e. The molecule has 0 atom stereocenters. The van der Waals surface area contributed by atoms with Crippen LogP contribution in [0.3, 0.4) is 0 Å². The van der Waals surface area contributed by atoms with Crippen LogP contribution in [-0.4, -0.2) is 22.2 Å². The van der Waals surface area contributed by atoms with E-state index in [2.05, 4.69) is 288 Å². The molecule has 0 amide bonds. The SMILES string of the molecule is CC1(C)CCC(C)(C)c2cc(N3c4ccccc4B4c5cc6c(cc5N(c5ccccc5)c5c4c3c3c4ccccc4n4c7ccccc7c5c34)N(c3ccccc3)c3c4c(c5c7ccccc7n7c8ccccc8c3c57)Oc3ccccc3B64)ccc21. The minimum atomic E-state index is -0.180. The van der Waals surface area contributed by atoms with Crippen LogP contribution in [0.2, 0.25) is 0 Å². The molecule has 12 aromatic carbocycles. The van der Waals surface area contributed by atoms with Crippen molar-refractivity contribution >= 4 is 174 Å². The molecule has 0 radical (unpaired) electrons. The standard InChI is InChI=1S/C80H55B2N5O/c1-79(2)41-42-80(3,4)54-43-48(39-40-53(54)79)85-63-37-21-15-31-55(63)81-57-44-58-65(45-64(57)83(46-23-7-5-8-24-46)75-67-49-27-11-17-33-59(49)86-60-34-18-12-28-50(60)68(73(67)86)76(85)71(75)81)84(47-25-9-6-10-26-47)77-69-51-29-13-19-35-61(51)87-62-36-20-14-30-52(62)70(74(69)87)78-72(77)82(58)56-32-16-22-38-66(56)88-78/h5-40,43-45H,41-42H2,1-4H3. The number of ether oxygens (including phenoxy) is 1. The molecule has 0 unspecified atom stereocenters. The molecule has 21 rings (SSSR count). The first-order valence-corrected chi connectivity index (χ1v) is 31.4. The summed E-state index contributed by atoms with van der Waals surface area (Å²) in [6, 6.07) is 90.0. The Morgan fingerprint density at radius 1 is 0.341 bits per heavy atom. The second kappa shape index (κ2) is 16.3. The van der Waals surface area contributed by atoms with E-state index in [1.807, 2.05) is 0 Å². The van der Waals surface area contributed by atoms with Gasteiger partial charge in [-0.15, -0.1) is 0 Å². The lowest BCUT2D eigenvalue weighted by Crippen LogP contribution is -2.64. The fourth-order valence-electron chi connectivity index (χ4n) is 17.8. The van der Waals surface area contributed by atoms with Crippen LogP contribution >= 0.6 is 0 Å². The molecule has 1 aliphatic carbocycles. The predicted molar refractivity (Wildman–Crippen MR) is 371 cm³/mol. The van der Waals surface area contributed by atoms with Crippen LogP contribution in [0, 0.1) is 0 Å². The third kappa shape index (κ3) is 5.70. The van der Waals surface area contributed by atoms with Gasteiger partial charge in [-0.2, -0.15) is 0 Å². The Labute approximate surface area is 509 Å². The maximum Gasteiger partial charge on any atom is 0.256 e. The number of benzene rings is 12. The summed E-state index contributed by atoms with van der Waals surface area (Å²) < 4.78 is 12.7. The van der Waals surface area contributed by atoms with Crippen LogP contribution < -0.4 is 52.2 Å². The zero-order chi connectivity index (χ0) is 57.8. The number of fused-ring (bicyclic) bond motifs is 25. The predicted octanol–water partition coefficient (Wildman–Crippen LogP) is 16.8. The molecule has 0 fully saturated rings. The molecular weight excluding hydrogens is 1070 g/mol. The van der Waals surface area contributed by atoms with Gasteiger partial charge in [0.05, 0.1) is 55.5 Å². The van der Waals surface area contributed by atoms with Crippen molar-refractivity contribution < 1.29 is 4.74 Å². The molecule has 412 valence electrons. The number of aromatic nitrogens is 2. The molecule has 0 saturated heterocycles. The summed E-state index contributed by atoms with van der Waals surface area (Å²) in [6.07, 6.45) is 2.30. The molecule has 8 heteroatoms. The van der Waals surface area contributed by atoms with E-state index in [0.29, 0.717) is 0 Å². The Bertz CT molecular complexity index is 5780. The summed E-state index contributed by atoms with van der Waals surface area (Å²) >= 11 is 0. The third-order valence-corrected chi connectivity index (χ3v) is 21.6. The van der Waals surface area contributed by atoms with Gasteiger partial charge in [0.15, 0.2) is 0 Å². The van der Waals surface area contributed by atoms with Gasteiger partial charge in [-0.25, -0.2) is 0 Å². The molecular formula is C80H55B2N5O. The first-order valence-electron chi connectivity index (χ1n) is 31.4. The molecule has 4 aromatic heterocycles. The quantitative estimate of drug-likeness (QED) is 0.165. The Balaban J connectivity index is 0.958. The van der Waals surface area contributed by atoms with E-state index in [1.54, 1.807) is 0 Å². The molecule has 6 nitrogen and oxygen atoms in total. The third-order valence-electron chi connectivity index (χ3n) is 21.6. The maximum absolute atomic E-state index is 7.57. The van der Waals surface area contributed by atoms with E-state index in [0.717, 1.165) is 41.4 Å². The van der Waals surface area contributed by atoms with Gasteiger partial charge in [0, 0.05) is 71.8 Å². The highest BCUT2D eigenvalue weighted by molar-refractivity contribution is 7.03. The van der Waals surface area contributed by atoms with Crippen molar-refractivity contribution in [3.63, 3.8) is 0 Å². The summed E-state index contributed by atoms with van der Waals surface area (Å²) in [6.45, 7) is 9.47. The molecule has 0 N–H and O–H groups in total. The van der Waals surface area contributed by atoms with E-state index in [1.165, 1.54) is 154 Å². The normalized spacial score (nSPS) is 15.8. The van der Waals surface area contributed by atoms with Gasteiger partial charge in [-0.3, -0.25) is 0 Å². The van der Waals surface area contributed by atoms with Crippen LogP contribution in [0.25, 0.3) is 76.2 Å². The van der Waals surface area contributed by atoms with Gasteiger partial charge in [0.1, 0.15) is 11.5 Å². The molecule has 4 aliphatic heterocycles. The van der Waals surface area contributed by atoms with Gasteiger partial charge in [0.25, 0.3) is 13.4 Å². The fourth-order valence-corrected chi connectivity index (χ4v) is 17.8. The van der Waals surface area contributed by atoms with E-state index >= 15 is 0 Å². The Morgan fingerprint density at radius 3 is 1.34 bits per heavy atom. The zero-order valence-corrected chi connectivity index (χ0v) is 49.2. The van der Waals surface area contributed by atoms with Gasteiger partial charge < -0.3 is 28.2 Å². The highest BCUT2D eigenvalue weighted by Crippen LogP contribution is 2.58. The average Bonchev–Trinajstić information content (AvgIpc) is 1.37. The zero-order valence-electron chi connectivity index (χ0n) is 49.2. The lowest BCUT2D eigenvalue weighted by molar-refractivity contribution is 0.332. The van der Waals surface area contributed by atoms with Crippen molar-refractivity contribution in [2.24, 2.45) is 0 Å². The Morgan fingerprint density at radius 2 is 0.773 bits per heavy atom. The Hall–Kier alpha value is -10.4. The van der Waals surface area contributed by atoms with E-state index in [4.69, 9.17) is 4.74 Å². The van der Waals surface area contributed by atoms with Crippen LogP contribution in [0.5, 0.6) is 11.5 Å². The van der Waals surface area contributed by atoms with Gasteiger partial charge >= 0.3 is 0 Å². The van der Waals surface area contributed by atoms with Crippen molar-refractivity contribution in [3.8, 4) is 11.5 Å². The lowest BCUT2D eigenvalue weighted by atomic mass is 9.30. The molecule has 88 heavy (non-hydrogen) atoms. The molecule has 0 saturated carbocycles. The number of rotatable bonds is 3. The molecule has 0 spiro atoms.